The van der Waals surface area contributed by atoms with Crippen molar-refractivity contribution in [2.75, 3.05) is 26.2 Å². The van der Waals surface area contributed by atoms with Crippen LogP contribution in [0.25, 0.3) is 0 Å². The third kappa shape index (κ3) is 3.68. The van der Waals surface area contributed by atoms with E-state index in [1.807, 2.05) is 13.8 Å². The van der Waals surface area contributed by atoms with Crippen molar-refractivity contribution >= 4 is 11.8 Å². The average Bonchev–Trinajstić information content (AvgIpc) is 2.41. The molecular formula is C12H23N3O3. The zero-order valence-corrected chi connectivity index (χ0v) is 11.1. The van der Waals surface area contributed by atoms with Gasteiger partial charge in [0.05, 0.1) is 13.2 Å². The summed E-state index contributed by atoms with van der Waals surface area (Å²) in [6.07, 6.45) is 1.63. The van der Waals surface area contributed by atoms with Crippen LogP contribution in [-0.4, -0.2) is 49.2 Å². The quantitative estimate of drug-likeness (QED) is 0.491. The van der Waals surface area contributed by atoms with Gasteiger partial charge in [0.2, 0.25) is 11.8 Å². The molecule has 1 saturated heterocycles. The lowest BCUT2D eigenvalue weighted by molar-refractivity contribution is -0.127. The van der Waals surface area contributed by atoms with Crippen LogP contribution in [0.15, 0.2) is 0 Å². The number of aliphatic hydroxyl groups excluding tert-OH is 1. The summed E-state index contributed by atoms with van der Waals surface area (Å²) < 4.78 is 0. The Bertz CT molecular complexity index is 285. The van der Waals surface area contributed by atoms with Crippen molar-refractivity contribution in [3.05, 3.63) is 0 Å². The molecule has 1 heterocycles. The molecule has 0 aliphatic carbocycles. The normalized spacial score (nSPS) is 20.4. The maximum Gasteiger partial charge on any atom is 0.238 e. The van der Waals surface area contributed by atoms with Crippen molar-refractivity contribution < 1.29 is 14.7 Å². The number of rotatable bonds is 6. The molecule has 1 unspecified atom stereocenters. The first kappa shape index (κ1) is 14.9. The Kier molecular flexibility index (Phi) is 5.55. The number of carbonyl (C=O) groups is 2. The van der Waals surface area contributed by atoms with Gasteiger partial charge in [-0.2, -0.15) is 0 Å². The molecule has 0 aromatic carbocycles. The molecule has 4 N–H and O–H groups in total. The largest absolute Gasteiger partial charge is 0.396 e. The number of hydrogen-bond acceptors (Lipinski definition) is 4. The Balaban J connectivity index is 2.42. The van der Waals surface area contributed by atoms with Gasteiger partial charge in [0.25, 0.3) is 0 Å². The molecule has 6 heteroatoms. The lowest BCUT2D eigenvalue weighted by Crippen LogP contribution is -2.58. The Morgan fingerprint density at radius 1 is 1.50 bits per heavy atom. The summed E-state index contributed by atoms with van der Waals surface area (Å²) in [5.74, 6) is -0.222. The van der Waals surface area contributed by atoms with Crippen LogP contribution < -0.4 is 16.0 Å². The summed E-state index contributed by atoms with van der Waals surface area (Å²) in [5, 5.41) is 17.8. The lowest BCUT2D eigenvalue weighted by Gasteiger charge is -2.31. The number of carbonyl (C=O) groups excluding carboxylic acids is 2. The summed E-state index contributed by atoms with van der Waals surface area (Å²) in [7, 11) is 0. The topological polar surface area (TPSA) is 90.5 Å². The van der Waals surface area contributed by atoms with Crippen LogP contribution in [0.5, 0.6) is 0 Å². The molecule has 0 spiro atoms. The van der Waals surface area contributed by atoms with Gasteiger partial charge in [-0.1, -0.05) is 13.8 Å². The van der Waals surface area contributed by atoms with E-state index in [1.165, 1.54) is 0 Å². The van der Waals surface area contributed by atoms with E-state index in [0.717, 1.165) is 12.8 Å². The highest BCUT2D eigenvalue weighted by atomic mass is 16.3. The number of hydrogen-bond donors (Lipinski definition) is 4. The maximum atomic E-state index is 11.9. The minimum atomic E-state index is -0.382. The maximum absolute atomic E-state index is 11.9. The Labute approximate surface area is 108 Å². The fourth-order valence-electron chi connectivity index (χ4n) is 1.93. The van der Waals surface area contributed by atoms with Gasteiger partial charge in [0.1, 0.15) is 6.04 Å². The van der Waals surface area contributed by atoms with Gasteiger partial charge < -0.3 is 15.7 Å². The van der Waals surface area contributed by atoms with Gasteiger partial charge in [-0.15, -0.1) is 0 Å². The second kappa shape index (κ2) is 6.70. The molecule has 0 aromatic rings. The average molecular weight is 257 g/mol. The van der Waals surface area contributed by atoms with E-state index in [2.05, 4.69) is 16.0 Å². The van der Waals surface area contributed by atoms with Crippen LogP contribution in [0.4, 0.5) is 0 Å². The zero-order chi connectivity index (χ0) is 13.6. The second-order valence-corrected chi connectivity index (χ2v) is 4.82. The molecule has 0 saturated carbocycles. The number of amides is 2. The summed E-state index contributed by atoms with van der Waals surface area (Å²) >= 11 is 0. The predicted molar refractivity (Wildman–Crippen MR) is 67.9 cm³/mol. The van der Waals surface area contributed by atoms with E-state index in [1.54, 1.807) is 0 Å². The summed E-state index contributed by atoms with van der Waals surface area (Å²) in [5.41, 5.74) is -0.242. The van der Waals surface area contributed by atoms with Crippen LogP contribution in [-0.2, 0) is 9.59 Å². The standard InChI is InChI=1S/C12H23N3O3/c1-3-12(4-2,8-16)7-15-11(18)9-5-14-10(17)6-13-9/h9,13,16H,3-8H2,1-2H3,(H,14,17)(H,15,18). The van der Waals surface area contributed by atoms with Gasteiger partial charge in [0.15, 0.2) is 0 Å². The Morgan fingerprint density at radius 2 is 2.17 bits per heavy atom. The van der Waals surface area contributed by atoms with Gasteiger partial charge >= 0.3 is 0 Å². The van der Waals surface area contributed by atoms with E-state index >= 15 is 0 Å². The van der Waals surface area contributed by atoms with E-state index in [0.29, 0.717) is 13.1 Å². The molecule has 0 bridgehead atoms. The highest BCUT2D eigenvalue weighted by molar-refractivity contribution is 5.86. The lowest BCUT2D eigenvalue weighted by atomic mass is 9.83. The van der Waals surface area contributed by atoms with E-state index < -0.39 is 0 Å². The van der Waals surface area contributed by atoms with Crippen LogP contribution in [0.2, 0.25) is 0 Å². The highest BCUT2D eigenvalue weighted by Crippen LogP contribution is 2.24. The first-order valence-corrected chi connectivity index (χ1v) is 6.45. The SMILES string of the molecule is CCC(CC)(CO)CNC(=O)C1CNC(=O)CN1. The van der Waals surface area contributed by atoms with Crippen molar-refractivity contribution in [1.82, 2.24) is 16.0 Å². The van der Waals surface area contributed by atoms with Gasteiger partial charge in [-0.3, -0.25) is 14.9 Å². The van der Waals surface area contributed by atoms with Crippen LogP contribution in [0.1, 0.15) is 26.7 Å². The van der Waals surface area contributed by atoms with Crippen LogP contribution in [0.3, 0.4) is 0 Å². The van der Waals surface area contributed by atoms with Crippen LogP contribution >= 0.6 is 0 Å². The fraction of sp³-hybridized carbons (Fsp3) is 0.833. The predicted octanol–water partition coefficient (Wildman–Crippen LogP) is -1.01. The molecule has 1 atom stereocenters. The van der Waals surface area contributed by atoms with Crippen molar-refractivity contribution in [2.24, 2.45) is 5.41 Å². The number of aliphatic hydroxyl groups is 1. The highest BCUT2D eigenvalue weighted by Gasteiger charge is 2.28. The second-order valence-electron chi connectivity index (χ2n) is 4.82. The molecule has 18 heavy (non-hydrogen) atoms. The molecule has 1 fully saturated rings. The monoisotopic (exact) mass is 257 g/mol. The van der Waals surface area contributed by atoms with E-state index in [4.69, 9.17) is 0 Å². The van der Waals surface area contributed by atoms with Crippen LogP contribution in [0, 0.1) is 5.41 Å². The molecule has 104 valence electrons. The van der Waals surface area contributed by atoms with Gasteiger partial charge in [-0.25, -0.2) is 0 Å². The first-order chi connectivity index (χ1) is 8.56. The number of piperazine rings is 1. The van der Waals surface area contributed by atoms with E-state index in [-0.39, 0.29) is 36.4 Å². The van der Waals surface area contributed by atoms with Crippen molar-refractivity contribution in [2.45, 2.75) is 32.7 Å². The zero-order valence-electron chi connectivity index (χ0n) is 11.1. The smallest absolute Gasteiger partial charge is 0.238 e. The molecule has 0 radical (unpaired) electrons. The molecule has 0 aromatic heterocycles. The third-order valence-corrected chi connectivity index (χ3v) is 3.80. The minimum absolute atomic E-state index is 0.0646. The molecule has 6 nitrogen and oxygen atoms in total. The summed E-state index contributed by atoms with van der Waals surface area (Å²) in [6.45, 7) is 5.02. The number of nitrogens with one attached hydrogen (secondary N) is 3. The van der Waals surface area contributed by atoms with Crippen molar-refractivity contribution in [3.63, 3.8) is 0 Å². The van der Waals surface area contributed by atoms with Crippen molar-refractivity contribution in [1.29, 1.82) is 0 Å². The van der Waals surface area contributed by atoms with Crippen molar-refractivity contribution in [3.8, 4) is 0 Å². The third-order valence-electron chi connectivity index (χ3n) is 3.80. The minimum Gasteiger partial charge on any atom is -0.396 e. The molecular weight excluding hydrogens is 234 g/mol. The molecule has 1 rings (SSSR count). The molecule has 1 aliphatic heterocycles. The molecule has 1 aliphatic rings. The first-order valence-electron chi connectivity index (χ1n) is 6.45. The molecule has 2 amide bonds. The Hall–Kier alpha value is -1.14. The fourth-order valence-corrected chi connectivity index (χ4v) is 1.93. The van der Waals surface area contributed by atoms with E-state index in [9.17, 15) is 14.7 Å². The summed E-state index contributed by atoms with van der Waals surface area (Å²) in [4.78, 5) is 22.8. The van der Waals surface area contributed by atoms with Gasteiger partial charge in [0, 0.05) is 18.5 Å². The Morgan fingerprint density at radius 3 is 2.61 bits per heavy atom. The van der Waals surface area contributed by atoms with Gasteiger partial charge in [-0.05, 0) is 12.8 Å². The summed E-state index contributed by atoms with van der Waals surface area (Å²) in [6, 6.07) is -0.382.